The van der Waals surface area contributed by atoms with Crippen molar-refractivity contribution in [1.82, 2.24) is 14.5 Å². The predicted molar refractivity (Wildman–Crippen MR) is 77.9 cm³/mol. The minimum absolute atomic E-state index is 0.381. The number of hydrogen-bond donors (Lipinski definition) is 1. The molecule has 0 aromatic carbocycles. The molecular weight excluding hydrogens is 278 g/mol. The van der Waals surface area contributed by atoms with E-state index in [1.165, 1.54) is 6.26 Å². The van der Waals surface area contributed by atoms with Crippen molar-refractivity contribution < 1.29 is 12.8 Å². The van der Waals surface area contributed by atoms with Crippen molar-refractivity contribution in [2.24, 2.45) is 0 Å². The highest BCUT2D eigenvalue weighted by Gasteiger charge is 2.25. The molecule has 20 heavy (non-hydrogen) atoms. The normalized spacial score (nSPS) is 20.1. The summed E-state index contributed by atoms with van der Waals surface area (Å²) >= 11 is 0. The third-order valence-electron chi connectivity index (χ3n) is 3.68. The van der Waals surface area contributed by atoms with Crippen LogP contribution in [0.15, 0.2) is 22.8 Å². The number of furan rings is 1. The molecule has 1 aromatic rings. The summed E-state index contributed by atoms with van der Waals surface area (Å²) in [7, 11) is -3.04. The molecule has 0 radical (unpaired) electrons. The number of nitrogens with zero attached hydrogens (tertiary/aromatic N) is 2. The van der Waals surface area contributed by atoms with Crippen molar-refractivity contribution in [2.75, 3.05) is 39.0 Å². The Bertz CT molecular complexity index is 493. The highest BCUT2D eigenvalue weighted by atomic mass is 32.2. The molecule has 2 heterocycles. The zero-order valence-electron chi connectivity index (χ0n) is 12.1. The Kier molecular flexibility index (Phi) is 5.20. The Morgan fingerprint density at radius 2 is 2.05 bits per heavy atom. The number of rotatable bonds is 6. The van der Waals surface area contributed by atoms with Crippen LogP contribution in [-0.4, -0.2) is 62.6 Å². The van der Waals surface area contributed by atoms with E-state index in [-0.39, 0.29) is 0 Å². The maximum Gasteiger partial charge on any atom is 0.211 e. The lowest BCUT2D eigenvalue weighted by Crippen LogP contribution is -2.52. The summed E-state index contributed by atoms with van der Waals surface area (Å²) in [6.07, 6.45) is 2.95. The number of sulfonamides is 1. The third kappa shape index (κ3) is 4.31. The molecule has 1 aromatic heterocycles. The SMILES string of the molecule is CC(CNCc1ccco1)N1CCN(S(C)(=O)=O)CC1. The molecule has 1 aliphatic heterocycles. The van der Waals surface area contributed by atoms with Crippen molar-refractivity contribution in [1.29, 1.82) is 0 Å². The van der Waals surface area contributed by atoms with E-state index in [2.05, 4.69) is 17.1 Å². The van der Waals surface area contributed by atoms with E-state index in [1.54, 1.807) is 10.6 Å². The molecule has 0 aliphatic carbocycles. The highest BCUT2D eigenvalue weighted by molar-refractivity contribution is 7.88. The van der Waals surface area contributed by atoms with Crippen molar-refractivity contribution in [3.8, 4) is 0 Å². The molecule has 114 valence electrons. The molecular formula is C13H23N3O3S. The van der Waals surface area contributed by atoms with Gasteiger partial charge in [0.25, 0.3) is 0 Å². The van der Waals surface area contributed by atoms with Gasteiger partial charge in [0.1, 0.15) is 5.76 Å². The summed E-state index contributed by atoms with van der Waals surface area (Å²) in [6.45, 7) is 6.49. The second-order valence-corrected chi connectivity index (χ2v) is 7.24. The smallest absolute Gasteiger partial charge is 0.211 e. The molecule has 2 rings (SSSR count). The van der Waals surface area contributed by atoms with E-state index in [0.717, 1.165) is 31.9 Å². The van der Waals surface area contributed by atoms with Gasteiger partial charge in [-0.05, 0) is 19.1 Å². The van der Waals surface area contributed by atoms with E-state index < -0.39 is 10.0 Å². The van der Waals surface area contributed by atoms with Crippen LogP contribution in [0.3, 0.4) is 0 Å². The van der Waals surface area contributed by atoms with Gasteiger partial charge in [-0.2, -0.15) is 4.31 Å². The number of hydrogen-bond acceptors (Lipinski definition) is 5. The van der Waals surface area contributed by atoms with Crippen LogP contribution in [-0.2, 0) is 16.6 Å². The monoisotopic (exact) mass is 301 g/mol. The van der Waals surface area contributed by atoms with Crippen LogP contribution in [0, 0.1) is 0 Å². The van der Waals surface area contributed by atoms with Crippen LogP contribution < -0.4 is 5.32 Å². The topological polar surface area (TPSA) is 65.8 Å². The van der Waals surface area contributed by atoms with Crippen LogP contribution in [0.1, 0.15) is 12.7 Å². The third-order valence-corrected chi connectivity index (χ3v) is 4.99. The Hall–Kier alpha value is -0.890. The second kappa shape index (κ2) is 6.71. The second-order valence-electron chi connectivity index (χ2n) is 5.26. The first kappa shape index (κ1) is 15.5. The average molecular weight is 301 g/mol. The minimum Gasteiger partial charge on any atom is -0.468 e. The molecule has 6 nitrogen and oxygen atoms in total. The van der Waals surface area contributed by atoms with Gasteiger partial charge in [-0.15, -0.1) is 0 Å². The zero-order chi connectivity index (χ0) is 14.6. The van der Waals surface area contributed by atoms with Crippen LogP contribution in [0.5, 0.6) is 0 Å². The number of nitrogens with one attached hydrogen (secondary N) is 1. The van der Waals surface area contributed by atoms with E-state index >= 15 is 0 Å². The van der Waals surface area contributed by atoms with Gasteiger partial charge in [-0.3, -0.25) is 4.90 Å². The van der Waals surface area contributed by atoms with E-state index in [4.69, 9.17) is 4.42 Å². The summed E-state index contributed by atoms with van der Waals surface area (Å²) in [5, 5.41) is 3.36. The van der Waals surface area contributed by atoms with Crippen molar-refractivity contribution in [3.05, 3.63) is 24.2 Å². The van der Waals surface area contributed by atoms with Crippen LogP contribution in [0.4, 0.5) is 0 Å². The lowest BCUT2D eigenvalue weighted by atomic mass is 10.2. The summed E-state index contributed by atoms with van der Waals surface area (Å²) in [5.41, 5.74) is 0. The van der Waals surface area contributed by atoms with Crippen molar-refractivity contribution in [2.45, 2.75) is 19.5 Å². The first-order valence-corrected chi connectivity index (χ1v) is 8.74. The lowest BCUT2D eigenvalue weighted by molar-refractivity contribution is 0.143. The quantitative estimate of drug-likeness (QED) is 0.820. The van der Waals surface area contributed by atoms with Gasteiger partial charge in [0.2, 0.25) is 10.0 Å². The van der Waals surface area contributed by atoms with Gasteiger partial charge in [0, 0.05) is 38.8 Å². The molecule has 7 heteroatoms. The van der Waals surface area contributed by atoms with Crippen LogP contribution >= 0.6 is 0 Å². The predicted octanol–water partition coefficient (Wildman–Crippen LogP) is 0.335. The van der Waals surface area contributed by atoms with Gasteiger partial charge < -0.3 is 9.73 Å². The first-order chi connectivity index (χ1) is 9.47. The summed E-state index contributed by atoms with van der Waals surface area (Å²) < 4.78 is 29.7. The molecule has 0 saturated carbocycles. The highest BCUT2D eigenvalue weighted by Crippen LogP contribution is 2.09. The minimum atomic E-state index is -3.04. The summed E-state index contributed by atoms with van der Waals surface area (Å²) in [4.78, 5) is 2.32. The Labute approximate surface area is 120 Å². The lowest BCUT2D eigenvalue weighted by Gasteiger charge is -2.37. The Morgan fingerprint density at radius 1 is 1.35 bits per heavy atom. The summed E-state index contributed by atoms with van der Waals surface area (Å²) in [5.74, 6) is 0.930. The standard InChI is InChI=1S/C13H23N3O3S/c1-12(10-14-11-13-4-3-9-19-13)15-5-7-16(8-6-15)20(2,17)18/h3-4,9,12,14H,5-8,10-11H2,1-2H3. The maximum atomic E-state index is 11.5. The van der Waals surface area contributed by atoms with E-state index in [9.17, 15) is 8.42 Å². The molecule has 1 unspecified atom stereocenters. The maximum absolute atomic E-state index is 11.5. The average Bonchev–Trinajstić information content (AvgIpc) is 2.91. The molecule has 0 spiro atoms. The molecule has 1 aliphatic rings. The summed E-state index contributed by atoms with van der Waals surface area (Å²) in [6, 6.07) is 4.21. The molecule has 1 fully saturated rings. The fraction of sp³-hybridized carbons (Fsp3) is 0.692. The van der Waals surface area contributed by atoms with Crippen LogP contribution in [0.25, 0.3) is 0 Å². The van der Waals surface area contributed by atoms with Gasteiger partial charge in [0.15, 0.2) is 0 Å². The first-order valence-electron chi connectivity index (χ1n) is 6.89. The van der Waals surface area contributed by atoms with Gasteiger partial charge in [0.05, 0.1) is 19.1 Å². The van der Waals surface area contributed by atoms with Gasteiger partial charge in [-0.25, -0.2) is 8.42 Å². The van der Waals surface area contributed by atoms with Crippen molar-refractivity contribution >= 4 is 10.0 Å². The molecule has 0 amide bonds. The van der Waals surface area contributed by atoms with Gasteiger partial charge >= 0.3 is 0 Å². The Morgan fingerprint density at radius 3 is 2.60 bits per heavy atom. The molecule has 1 atom stereocenters. The fourth-order valence-electron chi connectivity index (χ4n) is 2.42. The molecule has 0 bridgehead atoms. The largest absolute Gasteiger partial charge is 0.468 e. The zero-order valence-corrected chi connectivity index (χ0v) is 12.9. The number of piperazine rings is 1. The van der Waals surface area contributed by atoms with E-state index in [1.807, 2.05) is 12.1 Å². The van der Waals surface area contributed by atoms with E-state index in [0.29, 0.717) is 19.1 Å². The van der Waals surface area contributed by atoms with Crippen molar-refractivity contribution in [3.63, 3.8) is 0 Å². The molecule has 1 saturated heterocycles. The van der Waals surface area contributed by atoms with Crippen LogP contribution in [0.2, 0.25) is 0 Å². The molecule has 1 N–H and O–H groups in total. The fourth-order valence-corrected chi connectivity index (χ4v) is 3.25. The van der Waals surface area contributed by atoms with Gasteiger partial charge in [-0.1, -0.05) is 0 Å². The Balaban J connectivity index is 1.70.